The van der Waals surface area contributed by atoms with Crippen molar-refractivity contribution in [1.29, 1.82) is 0 Å². The fraction of sp³-hybridized carbons (Fsp3) is 0.333. The van der Waals surface area contributed by atoms with Crippen LogP contribution in [0.25, 0.3) is 10.9 Å². The monoisotopic (exact) mass is 691 g/mol. The van der Waals surface area contributed by atoms with Gasteiger partial charge in [-0.1, -0.05) is 66.7 Å². The lowest BCUT2D eigenvalue weighted by Crippen LogP contribution is -2.76. The van der Waals surface area contributed by atoms with Gasteiger partial charge in [-0.25, -0.2) is 14.8 Å². The predicted molar refractivity (Wildman–Crippen MR) is 194 cm³/mol. The number of amides is 5. The molecule has 0 saturated carbocycles. The van der Waals surface area contributed by atoms with Gasteiger partial charge in [0.15, 0.2) is 0 Å². The van der Waals surface area contributed by atoms with Crippen molar-refractivity contribution in [2.75, 3.05) is 19.6 Å². The lowest BCUT2D eigenvalue weighted by Gasteiger charge is -2.55. The zero-order valence-electron chi connectivity index (χ0n) is 29.5. The number of aryl methyl sites for hydroxylation is 1. The third kappa shape index (κ3) is 7.46. The summed E-state index contributed by atoms with van der Waals surface area (Å²) in [6.45, 7) is 10.3. The molecule has 2 fully saturated rings. The van der Waals surface area contributed by atoms with Gasteiger partial charge >= 0.3 is 6.03 Å². The molecule has 2 aliphatic heterocycles. The smallest absolute Gasteiger partial charge is 0.334 e. The highest BCUT2D eigenvalue weighted by Gasteiger charge is 2.51. The summed E-state index contributed by atoms with van der Waals surface area (Å²) in [6.07, 6.45) is 2.81. The number of phenolic OH excluding ortho intramolecular Hbond substituents is 1. The second-order valence-corrected chi connectivity index (χ2v) is 14.2. The SMILES string of the molecule is C=CCN1CC(=O)N2[C@@H](Cc3ccc(O)cc3)C(=O)N(Cc3cccc4c(C(=O)NC(C)(C)C)cn(C)c34)C[C@@H]2N1C(=O)NCc1ccccc1. The summed E-state index contributed by atoms with van der Waals surface area (Å²) in [5.41, 5.74) is 3.42. The van der Waals surface area contributed by atoms with Crippen molar-refractivity contribution in [3.63, 3.8) is 0 Å². The Morgan fingerprint density at radius 3 is 2.39 bits per heavy atom. The van der Waals surface area contributed by atoms with Gasteiger partial charge in [0.25, 0.3) is 5.91 Å². The summed E-state index contributed by atoms with van der Waals surface area (Å²) in [5.74, 6) is -0.630. The van der Waals surface area contributed by atoms with Crippen molar-refractivity contribution in [2.45, 2.75) is 58.0 Å². The maximum atomic E-state index is 14.6. The summed E-state index contributed by atoms with van der Waals surface area (Å²) >= 11 is 0. The molecule has 12 nitrogen and oxygen atoms in total. The predicted octanol–water partition coefficient (Wildman–Crippen LogP) is 4.15. The lowest BCUT2D eigenvalue weighted by molar-refractivity contribution is -0.189. The van der Waals surface area contributed by atoms with E-state index < -0.39 is 23.8 Å². The van der Waals surface area contributed by atoms with E-state index in [1.165, 1.54) is 0 Å². The summed E-state index contributed by atoms with van der Waals surface area (Å²) in [5, 5.41) is 20.0. The Hall–Kier alpha value is -5.62. The zero-order valence-corrected chi connectivity index (χ0v) is 29.5. The Morgan fingerprint density at radius 1 is 0.980 bits per heavy atom. The number of hydrazine groups is 1. The Labute approximate surface area is 297 Å². The van der Waals surface area contributed by atoms with Crippen molar-refractivity contribution in [2.24, 2.45) is 7.05 Å². The van der Waals surface area contributed by atoms with Crippen molar-refractivity contribution in [3.05, 3.63) is 114 Å². The number of aromatic nitrogens is 1. The van der Waals surface area contributed by atoms with Crippen molar-refractivity contribution >= 4 is 34.7 Å². The van der Waals surface area contributed by atoms with Gasteiger partial charge in [-0.05, 0) is 49.6 Å². The van der Waals surface area contributed by atoms with Gasteiger partial charge in [0, 0.05) is 50.2 Å². The number of piperazine rings is 1. The fourth-order valence-electron chi connectivity index (χ4n) is 7.03. The largest absolute Gasteiger partial charge is 0.508 e. The van der Waals surface area contributed by atoms with Crippen LogP contribution in [0.1, 0.15) is 47.8 Å². The molecule has 4 aromatic rings. The molecule has 0 aliphatic carbocycles. The molecule has 2 atom stereocenters. The number of carbonyl (C=O) groups excluding carboxylic acids is 4. The van der Waals surface area contributed by atoms with Crippen LogP contribution in [0.15, 0.2) is 91.6 Å². The number of nitrogens with zero attached hydrogens (tertiary/aromatic N) is 5. The van der Waals surface area contributed by atoms with Gasteiger partial charge in [0.2, 0.25) is 11.8 Å². The number of carbonyl (C=O) groups is 4. The number of urea groups is 1. The lowest BCUT2D eigenvalue weighted by atomic mass is 9.98. The highest BCUT2D eigenvalue weighted by molar-refractivity contribution is 6.08. The molecule has 2 saturated heterocycles. The summed E-state index contributed by atoms with van der Waals surface area (Å²) in [7, 11) is 1.87. The molecule has 6 rings (SSSR count). The van der Waals surface area contributed by atoms with E-state index in [0.717, 1.165) is 27.6 Å². The molecule has 266 valence electrons. The Bertz CT molecular complexity index is 1950. The normalized spacial score (nSPS) is 18.2. The first-order valence-electron chi connectivity index (χ1n) is 17.1. The van der Waals surface area contributed by atoms with Crippen LogP contribution in [0.2, 0.25) is 0 Å². The molecule has 3 aromatic carbocycles. The Balaban J connectivity index is 1.38. The van der Waals surface area contributed by atoms with Crippen LogP contribution in [0.5, 0.6) is 5.75 Å². The minimum absolute atomic E-state index is 0.0568. The number of hydrogen-bond donors (Lipinski definition) is 3. The first kappa shape index (κ1) is 35.2. The van der Waals surface area contributed by atoms with E-state index in [2.05, 4.69) is 17.2 Å². The molecular weight excluding hydrogens is 646 g/mol. The minimum Gasteiger partial charge on any atom is -0.508 e. The maximum Gasteiger partial charge on any atom is 0.334 e. The van der Waals surface area contributed by atoms with Crippen LogP contribution in [0, 0.1) is 0 Å². The van der Waals surface area contributed by atoms with Crippen LogP contribution < -0.4 is 10.6 Å². The number of hydrogen-bond acceptors (Lipinski definition) is 6. The number of phenols is 1. The van der Waals surface area contributed by atoms with Gasteiger partial charge in [0.05, 0.1) is 24.2 Å². The topological polar surface area (TPSA) is 130 Å². The van der Waals surface area contributed by atoms with E-state index >= 15 is 0 Å². The highest BCUT2D eigenvalue weighted by atomic mass is 16.3. The zero-order chi connectivity index (χ0) is 36.4. The van der Waals surface area contributed by atoms with Crippen LogP contribution in [0.3, 0.4) is 0 Å². The summed E-state index contributed by atoms with van der Waals surface area (Å²) in [4.78, 5) is 59.1. The average Bonchev–Trinajstić information content (AvgIpc) is 3.43. The maximum absolute atomic E-state index is 14.6. The number of benzene rings is 3. The van der Waals surface area contributed by atoms with Crippen molar-refractivity contribution < 1.29 is 24.3 Å². The van der Waals surface area contributed by atoms with Crippen LogP contribution in [-0.2, 0) is 36.1 Å². The number of nitrogens with one attached hydrogen (secondary N) is 2. The second kappa shape index (κ2) is 14.3. The van der Waals surface area contributed by atoms with Crippen LogP contribution >= 0.6 is 0 Å². The van der Waals surface area contributed by atoms with Crippen molar-refractivity contribution in [1.82, 2.24) is 35.0 Å². The fourth-order valence-corrected chi connectivity index (χ4v) is 7.03. The van der Waals surface area contributed by atoms with Crippen molar-refractivity contribution in [3.8, 4) is 5.75 Å². The van der Waals surface area contributed by atoms with Crippen LogP contribution in [0.4, 0.5) is 4.79 Å². The molecule has 0 spiro atoms. The summed E-state index contributed by atoms with van der Waals surface area (Å²) < 4.78 is 1.90. The van der Waals surface area contributed by atoms with E-state index in [4.69, 9.17) is 0 Å². The Kier molecular flexibility index (Phi) is 9.88. The molecule has 1 aromatic heterocycles. The van der Waals surface area contributed by atoms with E-state index in [9.17, 15) is 24.3 Å². The number of para-hydroxylation sites is 1. The molecular formula is C39H45N7O5. The van der Waals surface area contributed by atoms with E-state index in [-0.39, 0.29) is 62.6 Å². The number of fused-ring (bicyclic) bond motifs is 2. The van der Waals surface area contributed by atoms with Crippen LogP contribution in [-0.4, -0.2) is 90.6 Å². The Morgan fingerprint density at radius 2 is 1.71 bits per heavy atom. The third-order valence-corrected chi connectivity index (χ3v) is 9.21. The number of aromatic hydroxyl groups is 1. The first-order chi connectivity index (χ1) is 24.3. The molecule has 51 heavy (non-hydrogen) atoms. The minimum atomic E-state index is -0.920. The molecule has 3 N–H and O–H groups in total. The molecule has 0 bridgehead atoms. The molecule has 2 aliphatic rings. The number of rotatable bonds is 9. The first-order valence-corrected chi connectivity index (χ1v) is 17.1. The van der Waals surface area contributed by atoms with Gasteiger partial charge in [-0.3, -0.25) is 14.4 Å². The molecule has 3 heterocycles. The van der Waals surface area contributed by atoms with Gasteiger partial charge in [-0.15, -0.1) is 6.58 Å². The highest BCUT2D eigenvalue weighted by Crippen LogP contribution is 2.32. The molecule has 0 radical (unpaired) electrons. The summed E-state index contributed by atoms with van der Waals surface area (Å²) in [6, 6.07) is 20.5. The standard InChI is InChI=1S/C39H45N7O5/c1-6-19-44-25-34(48)45-32(20-26-15-17-29(47)18-16-26)37(50)43(24-33(45)46(44)38(51)40-21-27-11-8-7-9-12-27)22-28-13-10-14-30-31(23-42(5)35(28)30)36(49)41-39(2,3)4/h6-18,23,32-33,47H,1,19-22,24-25H2,2-5H3,(H,40,51)(H,41,49)/t32-,33-/m0/s1. The average molecular weight is 692 g/mol. The van der Waals surface area contributed by atoms with E-state index in [0.29, 0.717) is 5.56 Å². The van der Waals surface area contributed by atoms with Gasteiger partial charge in [-0.2, -0.15) is 0 Å². The quantitative estimate of drug-likeness (QED) is 0.226. The molecule has 12 heteroatoms. The second-order valence-electron chi connectivity index (χ2n) is 14.2. The van der Waals surface area contributed by atoms with Gasteiger partial charge in [0.1, 0.15) is 18.0 Å². The van der Waals surface area contributed by atoms with E-state index in [1.807, 2.05) is 80.9 Å². The molecule has 5 amide bonds. The van der Waals surface area contributed by atoms with Gasteiger partial charge < -0.3 is 30.1 Å². The molecule has 0 unspecified atom stereocenters. The third-order valence-electron chi connectivity index (χ3n) is 9.21. The van der Waals surface area contributed by atoms with E-state index in [1.54, 1.807) is 56.4 Å².